The van der Waals surface area contributed by atoms with Crippen molar-refractivity contribution in [2.75, 3.05) is 20.3 Å². The van der Waals surface area contributed by atoms with Gasteiger partial charge in [0.15, 0.2) is 0 Å². The maximum Gasteiger partial charge on any atom is 0.240 e. The summed E-state index contributed by atoms with van der Waals surface area (Å²) in [6.07, 6.45) is 2.65. The Hall–Kier alpha value is -1.48. The van der Waals surface area contributed by atoms with Crippen LogP contribution in [0.15, 0.2) is 29.2 Å². The molecule has 2 fully saturated rings. The Labute approximate surface area is 198 Å². The highest BCUT2D eigenvalue weighted by molar-refractivity contribution is 7.89. The van der Waals surface area contributed by atoms with E-state index in [9.17, 15) is 18.3 Å². The van der Waals surface area contributed by atoms with E-state index < -0.39 is 16.1 Å². The van der Waals surface area contributed by atoms with Crippen LogP contribution >= 0.6 is 0 Å². The van der Waals surface area contributed by atoms with Crippen LogP contribution in [-0.2, 0) is 19.6 Å². The van der Waals surface area contributed by atoms with Crippen LogP contribution in [0.5, 0.6) is 0 Å². The van der Waals surface area contributed by atoms with Gasteiger partial charge in [0.05, 0.1) is 17.6 Å². The van der Waals surface area contributed by atoms with Gasteiger partial charge in [0, 0.05) is 25.6 Å². The van der Waals surface area contributed by atoms with Gasteiger partial charge in [0.1, 0.15) is 0 Å². The monoisotopic (exact) mass is 480 g/mol. The molecule has 0 heterocycles. The van der Waals surface area contributed by atoms with Crippen LogP contribution in [0.3, 0.4) is 0 Å². The first-order valence-electron chi connectivity index (χ1n) is 12.0. The molecule has 186 valence electrons. The minimum absolute atomic E-state index is 0.0504. The molecule has 3 N–H and O–H groups in total. The van der Waals surface area contributed by atoms with Crippen molar-refractivity contribution in [1.82, 2.24) is 10.0 Å². The van der Waals surface area contributed by atoms with Gasteiger partial charge in [-0.25, -0.2) is 13.1 Å². The number of ether oxygens (including phenoxy) is 1. The second kappa shape index (κ2) is 10.4. The number of hydrogen-bond acceptors (Lipinski definition) is 5. The molecule has 0 saturated heterocycles. The molecule has 0 aromatic heterocycles. The number of methoxy groups -OCH3 is 1. The number of nitrogens with one attached hydrogen (secondary N) is 2. The van der Waals surface area contributed by atoms with Crippen LogP contribution in [0, 0.1) is 36.0 Å². The van der Waals surface area contributed by atoms with Gasteiger partial charge < -0.3 is 15.2 Å². The molecule has 2 aliphatic carbocycles. The zero-order valence-corrected chi connectivity index (χ0v) is 21.3. The fourth-order valence-corrected chi connectivity index (χ4v) is 7.44. The standard InChI is InChI=1S/C25H40N2O5S/c1-16-6-8-19(9-7-16)33(30,31)27-21-11-13-25(4)12-10-20(23(28)22(25)18(21)3)17(2)24(29)26-14-15-32-5/h6-9,17-18,20-23,27-28H,10-15H2,1-5H3,(H,26,29)/t17-,18+,20+,21+,22+,23-,25+/m0/s1. The number of amides is 1. The molecule has 7 atom stereocenters. The molecule has 2 aliphatic rings. The first-order chi connectivity index (χ1) is 15.5. The highest BCUT2D eigenvalue weighted by Gasteiger charge is 2.54. The number of aryl methyl sites for hydroxylation is 1. The number of sulfonamides is 1. The van der Waals surface area contributed by atoms with E-state index in [4.69, 9.17) is 4.74 Å². The Morgan fingerprint density at radius 3 is 2.52 bits per heavy atom. The predicted molar refractivity (Wildman–Crippen MR) is 128 cm³/mol. The molecule has 0 aliphatic heterocycles. The molecular formula is C25H40N2O5S. The second-order valence-corrected chi connectivity index (χ2v) is 12.1. The number of carbonyl (C=O) groups excluding carboxylic acids is 1. The summed E-state index contributed by atoms with van der Waals surface area (Å²) in [7, 11) is -2.06. The summed E-state index contributed by atoms with van der Waals surface area (Å²) in [5.74, 6) is -0.672. The van der Waals surface area contributed by atoms with Crippen LogP contribution in [0.4, 0.5) is 0 Å². The summed E-state index contributed by atoms with van der Waals surface area (Å²) < 4.78 is 34.0. The highest BCUT2D eigenvalue weighted by Crippen LogP contribution is 2.55. The Kier molecular flexibility index (Phi) is 8.25. The molecular weight excluding hydrogens is 440 g/mol. The van der Waals surface area contributed by atoms with Crippen molar-refractivity contribution in [2.45, 2.75) is 70.4 Å². The first kappa shape index (κ1) is 26.1. The molecule has 8 heteroatoms. The number of benzene rings is 1. The van der Waals surface area contributed by atoms with Crippen molar-refractivity contribution in [3.05, 3.63) is 29.8 Å². The quantitative estimate of drug-likeness (QED) is 0.496. The third kappa shape index (κ3) is 5.61. The third-order valence-electron chi connectivity index (χ3n) is 8.19. The molecule has 3 rings (SSSR count). The topological polar surface area (TPSA) is 105 Å². The van der Waals surface area contributed by atoms with Crippen molar-refractivity contribution < 1.29 is 23.1 Å². The van der Waals surface area contributed by atoms with E-state index in [-0.39, 0.29) is 45.9 Å². The zero-order valence-electron chi connectivity index (χ0n) is 20.5. The van der Waals surface area contributed by atoms with Gasteiger partial charge >= 0.3 is 0 Å². The number of fused-ring (bicyclic) bond motifs is 1. The lowest BCUT2D eigenvalue weighted by atomic mass is 9.52. The van der Waals surface area contributed by atoms with E-state index in [1.165, 1.54) is 0 Å². The molecule has 1 aromatic carbocycles. The third-order valence-corrected chi connectivity index (χ3v) is 9.69. The summed E-state index contributed by atoms with van der Waals surface area (Å²) in [6, 6.07) is 6.60. The number of aliphatic hydroxyl groups is 1. The molecule has 7 nitrogen and oxygen atoms in total. The van der Waals surface area contributed by atoms with E-state index in [1.54, 1.807) is 31.4 Å². The van der Waals surface area contributed by atoms with Gasteiger partial charge in [0.25, 0.3) is 0 Å². The molecule has 33 heavy (non-hydrogen) atoms. The molecule has 0 spiro atoms. The Morgan fingerprint density at radius 2 is 1.88 bits per heavy atom. The summed E-state index contributed by atoms with van der Waals surface area (Å²) >= 11 is 0. The molecule has 0 radical (unpaired) electrons. The molecule has 1 aromatic rings. The minimum Gasteiger partial charge on any atom is -0.392 e. The van der Waals surface area contributed by atoms with Crippen molar-refractivity contribution in [3.8, 4) is 0 Å². The van der Waals surface area contributed by atoms with E-state index in [0.29, 0.717) is 13.2 Å². The van der Waals surface area contributed by atoms with Gasteiger partial charge in [-0.15, -0.1) is 0 Å². The van der Waals surface area contributed by atoms with Gasteiger partial charge in [-0.2, -0.15) is 0 Å². The highest BCUT2D eigenvalue weighted by atomic mass is 32.2. The van der Waals surface area contributed by atoms with E-state index in [0.717, 1.165) is 31.2 Å². The zero-order chi connectivity index (χ0) is 24.4. The number of aliphatic hydroxyl groups excluding tert-OH is 1. The number of hydrogen-bond donors (Lipinski definition) is 3. The van der Waals surface area contributed by atoms with Gasteiger partial charge in [0.2, 0.25) is 15.9 Å². The second-order valence-electron chi connectivity index (χ2n) is 10.4. The maximum atomic E-state index is 13.0. The van der Waals surface area contributed by atoms with Crippen molar-refractivity contribution in [1.29, 1.82) is 0 Å². The fourth-order valence-electron chi connectivity index (χ4n) is 6.08. The number of carbonyl (C=O) groups is 1. The lowest BCUT2D eigenvalue weighted by Gasteiger charge is -2.56. The van der Waals surface area contributed by atoms with E-state index >= 15 is 0 Å². The average Bonchev–Trinajstić information content (AvgIpc) is 2.76. The van der Waals surface area contributed by atoms with Crippen molar-refractivity contribution in [2.24, 2.45) is 29.1 Å². The molecule has 1 amide bonds. The fraction of sp³-hybridized carbons (Fsp3) is 0.720. The van der Waals surface area contributed by atoms with Crippen LogP contribution in [-0.4, -0.2) is 51.8 Å². The van der Waals surface area contributed by atoms with Gasteiger partial charge in [-0.3, -0.25) is 4.79 Å². The van der Waals surface area contributed by atoms with E-state index in [2.05, 4.69) is 17.0 Å². The largest absolute Gasteiger partial charge is 0.392 e. The summed E-state index contributed by atoms with van der Waals surface area (Å²) in [6.45, 7) is 8.95. The Balaban J connectivity index is 1.74. The van der Waals surface area contributed by atoms with Crippen molar-refractivity contribution in [3.63, 3.8) is 0 Å². The summed E-state index contributed by atoms with van der Waals surface area (Å²) in [5.41, 5.74) is 0.945. The van der Waals surface area contributed by atoms with Gasteiger partial charge in [-0.05, 0) is 67.9 Å². The molecule has 0 bridgehead atoms. The van der Waals surface area contributed by atoms with E-state index in [1.807, 2.05) is 20.8 Å². The van der Waals surface area contributed by atoms with Crippen LogP contribution in [0.1, 0.15) is 52.0 Å². The summed E-state index contributed by atoms with van der Waals surface area (Å²) in [4.78, 5) is 12.9. The van der Waals surface area contributed by atoms with Crippen LogP contribution in [0.25, 0.3) is 0 Å². The van der Waals surface area contributed by atoms with Crippen LogP contribution < -0.4 is 10.0 Å². The lowest BCUT2D eigenvalue weighted by molar-refractivity contribution is -0.141. The smallest absolute Gasteiger partial charge is 0.240 e. The normalized spacial score (nSPS) is 33.2. The number of rotatable bonds is 8. The van der Waals surface area contributed by atoms with Crippen LogP contribution in [0.2, 0.25) is 0 Å². The molecule has 2 saturated carbocycles. The minimum atomic E-state index is -3.65. The van der Waals surface area contributed by atoms with Crippen molar-refractivity contribution >= 4 is 15.9 Å². The average molecular weight is 481 g/mol. The molecule has 0 unspecified atom stereocenters. The lowest BCUT2D eigenvalue weighted by Crippen LogP contribution is -2.58. The maximum absolute atomic E-state index is 13.0. The predicted octanol–water partition coefficient (Wildman–Crippen LogP) is 2.86. The Morgan fingerprint density at radius 1 is 1.24 bits per heavy atom. The summed E-state index contributed by atoms with van der Waals surface area (Å²) in [5, 5.41) is 14.4. The first-order valence-corrected chi connectivity index (χ1v) is 13.5. The van der Waals surface area contributed by atoms with Gasteiger partial charge in [-0.1, -0.05) is 38.5 Å². The Bertz CT molecular complexity index is 919. The SMILES string of the molecule is COCCNC(=O)[C@@H](C)[C@H]1CC[C@]2(C)CC[C@@H](NS(=O)(=O)c3ccc(C)cc3)[C@@H](C)[C@@H]2[C@H]1O.